The summed E-state index contributed by atoms with van der Waals surface area (Å²) in [6, 6.07) is 5.28. The van der Waals surface area contributed by atoms with E-state index in [4.69, 9.17) is 0 Å². The van der Waals surface area contributed by atoms with Crippen molar-refractivity contribution in [2.24, 2.45) is 0 Å². The molecule has 1 unspecified atom stereocenters. The van der Waals surface area contributed by atoms with E-state index in [9.17, 15) is 14.4 Å². The summed E-state index contributed by atoms with van der Waals surface area (Å²) in [7, 11) is 0. The highest BCUT2D eigenvalue weighted by Gasteiger charge is 2.39. The number of rotatable bonds is 9. The Morgan fingerprint density at radius 1 is 0.756 bits per heavy atom. The van der Waals surface area contributed by atoms with Gasteiger partial charge >= 0.3 is 0 Å². The van der Waals surface area contributed by atoms with Gasteiger partial charge in [0.1, 0.15) is 6.04 Å². The predicted octanol–water partition coefficient (Wildman–Crippen LogP) is 2.85. The lowest BCUT2D eigenvalue weighted by Gasteiger charge is -2.29. The van der Waals surface area contributed by atoms with E-state index in [1.165, 1.54) is 25.7 Å². The van der Waals surface area contributed by atoms with Crippen LogP contribution in [0.1, 0.15) is 71.1 Å². The van der Waals surface area contributed by atoms with Crippen molar-refractivity contribution < 1.29 is 14.4 Å². The number of hydrogen-bond acceptors (Lipinski definition) is 10. The summed E-state index contributed by atoms with van der Waals surface area (Å²) in [5, 5.41) is 2.37. The number of amides is 3. The Morgan fingerprint density at radius 2 is 1.29 bits per heavy atom. The molecule has 1 atom stereocenters. The second-order valence-corrected chi connectivity index (χ2v) is 12.2. The van der Waals surface area contributed by atoms with Crippen LogP contribution in [0.25, 0.3) is 0 Å². The molecule has 0 bridgehead atoms. The average molecular weight is 632 g/mol. The zero-order chi connectivity index (χ0) is 30.0. The molecule has 13 heteroatoms. The van der Waals surface area contributed by atoms with Crippen LogP contribution in [0.2, 0.25) is 0 Å². The summed E-state index contributed by atoms with van der Waals surface area (Å²) in [5.41, 5.74) is 4.60. The van der Waals surface area contributed by atoms with Gasteiger partial charge in [0.15, 0.2) is 0 Å². The molecule has 0 radical (unpaired) electrons. The Morgan fingerprint density at radius 3 is 1.82 bits per heavy atom. The topological polar surface area (TPSA) is 128 Å². The first-order valence-corrected chi connectivity index (χ1v) is 15.6. The molecule has 6 heterocycles. The number of anilines is 2. The van der Waals surface area contributed by atoms with Crippen LogP contribution in [0.15, 0.2) is 43.0 Å². The molecule has 0 spiro atoms. The lowest BCUT2D eigenvalue weighted by Crippen LogP contribution is -2.52. The first kappa shape index (κ1) is 30.8. The molecule has 0 saturated carbocycles. The number of hydrogen-bond donors (Lipinski definition) is 1. The first-order valence-electron chi connectivity index (χ1n) is 15.6. The van der Waals surface area contributed by atoms with Gasteiger partial charge in [-0.1, -0.05) is 12.1 Å². The van der Waals surface area contributed by atoms with E-state index in [0.717, 1.165) is 60.3 Å². The first-order chi connectivity index (χ1) is 21.5. The summed E-state index contributed by atoms with van der Waals surface area (Å²) in [4.78, 5) is 64.3. The summed E-state index contributed by atoms with van der Waals surface area (Å²) in [6.45, 7) is 6.25. The van der Waals surface area contributed by atoms with Gasteiger partial charge in [0.05, 0.1) is 0 Å². The van der Waals surface area contributed by atoms with Gasteiger partial charge in [-0.05, 0) is 49.3 Å². The minimum atomic E-state index is -0.625. The fourth-order valence-corrected chi connectivity index (χ4v) is 6.69. The number of carbonyl (C=O) groups is 3. The Hall–Kier alpha value is -4.16. The van der Waals surface area contributed by atoms with Crippen LogP contribution in [-0.2, 0) is 35.8 Å². The van der Waals surface area contributed by atoms with Crippen LogP contribution in [-0.4, -0.2) is 79.7 Å². The summed E-state index contributed by atoms with van der Waals surface area (Å²) in [5.74, 6) is 0.721. The Bertz CT molecular complexity index is 1480. The molecule has 3 saturated heterocycles. The minimum absolute atomic E-state index is 0. The molecular formula is C32H38ClN9O3. The maximum absolute atomic E-state index is 13.2. The second-order valence-electron chi connectivity index (χ2n) is 12.2. The van der Waals surface area contributed by atoms with Gasteiger partial charge in [-0.2, -0.15) is 0 Å². The van der Waals surface area contributed by atoms with Gasteiger partial charge in [0.2, 0.25) is 23.7 Å². The van der Waals surface area contributed by atoms with Gasteiger partial charge in [0.25, 0.3) is 5.91 Å². The minimum Gasteiger partial charge on any atom is -0.341 e. The molecule has 4 aliphatic rings. The highest BCUT2D eigenvalue weighted by molar-refractivity contribution is 6.05. The van der Waals surface area contributed by atoms with Crippen molar-refractivity contribution in [1.82, 2.24) is 35.1 Å². The summed E-state index contributed by atoms with van der Waals surface area (Å²) in [6.07, 6.45) is 13.0. The highest BCUT2D eigenvalue weighted by Crippen LogP contribution is 2.29. The smallest absolute Gasteiger partial charge is 0.255 e. The molecule has 3 fully saturated rings. The zero-order valence-electron chi connectivity index (χ0n) is 25.2. The number of nitrogens with one attached hydrogen (secondary N) is 1. The van der Waals surface area contributed by atoms with Crippen LogP contribution in [0.4, 0.5) is 11.9 Å². The van der Waals surface area contributed by atoms with Crippen LogP contribution >= 0.6 is 12.4 Å². The lowest BCUT2D eigenvalue weighted by atomic mass is 10.0. The third-order valence-electron chi connectivity index (χ3n) is 8.97. The van der Waals surface area contributed by atoms with Crippen LogP contribution in [0.3, 0.4) is 0 Å². The molecular weight excluding hydrogens is 594 g/mol. The van der Waals surface area contributed by atoms with Gasteiger partial charge in [-0.15, -0.1) is 12.4 Å². The van der Waals surface area contributed by atoms with E-state index < -0.39 is 11.9 Å². The van der Waals surface area contributed by atoms with Crippen molar-refractivity contribution in [1.29, 1.82) is 0 Å². The maximum Gasteiger partial charge on any atom is 0.255 e. The second kappa shape index (κ2) is 13.5. The number of aromatic nitrogens is 4. The van der Waals surface area contributed by atoms with Gasteiger partial charge < -0.3 is 14.7 Å². The van der Waals surface area contributed by atoms with Crippen molar-refractivity contribution in [2.75, 3.05) is 36.0 Å². The van der Waals surface area contributed by atoms with Crippen molar-refractivity contribution in [2.45, 2.75) is 70.7 Å². The van der Waals surface area contributed by atoms with Crippen molar-refractivity contribution >= 4 is 42.0 Å². The lowest BCUT2D eigenvalue weighted by molar-refractivity contribution is -0.136. The molecule has 45 heavy (non-hydrogen) atoms. The summed E-state index contributed by atoms with van der Waals surface area (Å²) >= 11 is 0. The maximum atomic E-state index is 13.2. The molecule has 7 rings (SSSR count). The number of carbonyl (C=O) groups excluding carboxylic acids is 3. The van der Waals surface area contributed by atoms with Gasteiger partial charge in [-0.3, -0.25) is 24.6 Å². The third-order valence-corrected chi connectivity index (χ3v) is 8.97. The van der Waals surface area contributed by atoms with Crippen LogP contribution in [0, 0.1) is 0 Å². The monoisotopic (exact) mass is 631 g/mol. The van der Waals surface area contributed by atoms with Crippen molar-refractivity contribution in [3.63, 3.8) is 0 Å². The normalized spacial score (nSPS) is 19.7. The number of imide groups is 1. The molecule has 4 aliphatic heterocycles. The molecule has 1 N–H and O–H groups in total. The Kier molecular flexibility index (Phi) is 9.22. The van der Waals surface area contributed by atoms with Gasteiger partial charge in [-0.25, -0.2) is 19.9 Å². The average Bonchev–Trinajstić information content (AvgIpc) is 3.81. The molecule has 3 aromatic rings. The van der Waals surface area contributed by atoms with Crippen LogP contribution in [0.5, 0.6) is 0 Å². The van der Waals surface area contributed by atoms with Crippen molar-refractivity contribution in [3.05, 3.63) is 70.8 Å². The van der Waals surface area contributed by atoms with E-state index in [2.05, 4.69) is 46.0 Å². The largest absolute Gasteiger partial charge is 0.341 e. The number of nitrogens with zero attached hydrogens (tertiary/aromatic N) is 8. The van der Waals surface area contributed by atoms with E-state index in [1.807, 2.05) is 36.9 Å². The quantitative estimate of drug-likeness (QED) is 0.352. The molecule has 3 amide bonds. The van der Waals surface area contributed by atoms with Crippen LogP contribution < -0.4 is 15.1 Å². The van der Waals surface area contributed by atoms with E-state index >= 15 is 0 Å². The third kappa shape index (κ3) is 6.76. The fraction of sp³-hybridized carbons (Fsp3) is 0.469. The highest BCUT2D eigenvalue weighted by atomic mass is 35.5. The Labute approximate surface area is 268 Å². The molecule has 2 aromatic heterocycles. The molecule has 12 nitrogen and oxygen atoms in total. The number of benzene rings is 1. The number of piperidine rings is 1. The SMILES string of the molecule is Cl.O=C1CCC(N2Cc3cc(CN(Cc4cnc(N5CCCC5)nc4)Cc4cnc(N5CCCC5)nc4)ccc3C2=O)C(=O)N1. The summed E-state index contributed by atoms with van der Waals surface area (Å²) < 4.78 is 0. The van der Waals surface area contributed by atoms with E-state index in [0.29, 0.717) is 38.2 Å². The zero-order valence-corrected chi connectivity index (χ0v) is 26.0. The van der Waals surface area contributed by atoms with Crippen molar-refractivity contribution in [3.8, 4) is 0 Å². The predicted molar refractivity (Wildman–Crippen MR) is 170 cm³/mol. The van der Waals surface area contributed by atoms with Gasteiger partial charge in [0, 0.05) is 100 Å². The Balaban J connectivity index is 0.00000357. The molecule has 1 aromatic carbocycles. The fourth-order valence-electron chi connectivity index (χ4n) is 6.69. The number of halogens is 1. The van der Waals surface area contributed by atoms with E-state index in [-0.39, 0.29) is 30.6 Å². The number of fused-ring (bicyclic) bond motifs is 1. The molecule has 236 valence electrons. The molecule has 0 aliphatic carbocycles. The van der Waals surface area contributed by atoms with E-state index in [1.54, 1.807) is 4.90 Å². The standard InChI is InChI=1S/C32H37N9O3.ClH/c42-28-8-7-27(29(43)37-28)41-21-25-13-22(5-6-26(25)30(41)44)18-38(19-23-14-33-31(34-15-23)39-9-1-2-10-39)20-24-16-35-32(36-17-24)40-11-3-4-12-40;/h5-6,13-17,27H,1-4,7-12,18-21H2,(H,37,42,43);1H.